The third-order valence-corrected chi connectivity index (χ3v) is 3.30. The van der Waals surface area contributed by atoms with Crippen LogP contribution in [0.15, 0.2) is 18.2 Å². The van der Waals surface area contributed by atoms with Crippen molar-refractivity contribution in [2.45, 2.75) is 45.1 Å². The standard InChI is InChI=1S/C14H21NO/c1-2-13(15)7-5-11-6-8-14-12(10-11)4-3-9-16-14/h6,8,10,13H,2-5,7,9,15H2,1H3. The van der Waals surface area contributed by atoms with E-state index in [4.69, 9.17) is 10.5 Å². The van der Waals surface area contributed by atoms with E-state index in [2.05, 4.69) is 25.1 Å². The fourth-order valence-electron chi connectivity index (χ4n) is 2.13. The molecule has 0 saturated carbocycles. The second-order valence-electron chi connectivity index (χ2n) is 4.60. The highest BCUT2D eigenvalue weighted by Gasteiger charge is 2.10. The smallest absolute Gasteiger partial charge is 0.122 e. The Hall–Kier alpha value is -1.02. The van der Waals surface area contributed by atoms with Crippen LogP contribution in [-0.4, -0.2) is 12.6 Å². The normalized spacial score (nSPS) is 16.4. The number of ether oxygens (including phenoxy) is 1. The van der Waals surface area contributed by atoms with Crippen molar-refractivity contribution in [2.75, 3.05) is 6.61 Å². The van der Waals surface area contributed by atoms with Gasteiger partial charge in [-0.1, -0.05) is 19.1 Å². The van der Waals surface area contributed by atoms with E-state index in [1.165, 1.54) is 11.1 Å². The average Bonchev–Trinajstić information content (AvgIpc) is 2.35. The van der Waals surface area contributed by atoms with Gasteiger partial charge in [0.15, 0.2) is 0 Å². The van der Waals surface area contributed by atoms with Gasteiger partial charge in [0.2, 0.25) is 0 Å². The summed E-state index contributed by atoms with van der Waals surface area (Å²) < 4.78 is 5.60. The molecule has 2 N–H and O–H groups in total. The Bertz CT molecular complexity index is 349. The van der Waals surface area contributed by atoms with Gasteiger partial charge in [-0.2, -0.15) is 0 Å². The molecule has 2 heteroatoms. The molecule has 16 heavy (non-hydrogen) atoms. The summed E-state index contributed by atoms with van der Waals surface area (Å²) in [6.07, 6.45) is 5.53. The summed E-state index contributed by atoms with van der Waals surface area (Å²) in [5.74, 6) is 1.08. The van der Waals surface area contributed by atoms with Crippen molar-refractivity contribution in [2.24, 2.45) is 5.73 Å². The molecule has 0 saturated heterocycles. The molecule has 88 valence electrons. The number of rotatable bonds is 4. The Labute approximate surface area is 97.8 Å². The van der Waals surface area contributed by atoms with Crippen LogP contribution in [0.4, 0.5) is 0 Å². The van der Waals surface area contributed by atoms with Crippen molar-refractivity contribution in [3.05, 3.63) is 29.3 Å². The van der Waals surface area contributed by atoms with E-state index in [-0.39, 0.29) is 0 Å². The monoisotopic (exact) mass is 219 g/mol. The number of benzene rings is 1. The summed E-state index contributed by atoms with van der Waals surface area (Å²) in [5.41, 5.74) is 8.70. The topological polar surface area (TPSA) is 35.2 Å². The van der Waals surface area contributed by atoms with Crippen LogP contribution in [0, 0.1) is 0 Å². The van der Waals surface area contributed by atoms with Gasteiger partial charge in [0.25, 0.3) is 0 Å². The molecule has 0 radical (unpaired) electrons. The van der Waals surface area contributed by atoms with Gasteiger partial charge in [0.05, 0.1) is 6.61 Å². The molecule has 1 aliphatic heterocycles. The zero-order valence-electron chi connectivity index (χ0n) is 10.0. The number of fused-ring (bicyclic) bond motifs is 1. The van der Waals surface area contributed by atoms with Gasteiger partial charge in [0, 0.05) is 6.04 Å². The largest absolute Gasteiger partial charge is 0.493 e. The summed E-state index contributed by atoms with van der Waals surface area (Å²) >= 11 is 0. The van der Waals surface area contributed by atoms with Crippen molar-refractivity contribution < 1.29 is 4.74 Å². The molecule has 0 amide bonds. The first-order chi connectivity index (χ1) is 7.79. The highest BCUT2D eigenvalue weighted by atomic mass is 16.5. The Kier molecular flexibility index (Phi) is 3.83. The molecule has 1 aliphatic rings. The molecule has 1 aromatic carbocycles. The number of hydrogen-bond acceptors (Lipinski definition) is 2. The highest BCUT2D eigenvalue weighted by molar-refractivity contribution is 5.38. The predicted octanol–water partition coefficient (Wildman–Crippen LogP) is 2.68. The Balaban J connectivity index is 2.00. The summed E-state index contributed by atoms with van der Waals surface area (Å²) in [5, 5.41) is 0. The van der Waals surface area contributed by atoms with Crippen molar-refractivity contribution >= 4 is 0 Å². The maximum atomic E-state index is 5.93. The van der Waals surface area contributed by atoms with E-state index in [0.29, 0.717) is 6.04 Å². The van der Waals surface area contributed by atoms with Crippen LogP contribution in [0.2, 0.25) is 0 Å². The van der Waals surface area contributed by atoms with Crippen molar-refractivity contribution in [1.82, 2.24) is 0 Å². The second-order valence-corrected chi connectivity index (χ2v) is 4.60. The van der Waals surface area contributed by atoms with Gasteiger partial charge in [-0.15, -0.1) is 0 Å². The third-order valence-electron chi connectivity index (χ3n) is 3.30. The Morgan fingerprint density at radius 1 is 1.44 bits per heavy atom. The predicted molar refractivity (Wildman–Crippen MR) is 66.8 cm³/mol. The van der Waals surface area contributed by atoms with E-state index in [9.17, 15) is 0 Å². The van der Waals surface area contributed by atoms with E-state index in [1.54, 1.807) is 0 Å². The maximum Gasteiger partial charge on any atom is 0.122 e. The molecule has 1 atom stereocenters. The molecule has 2 rings (SSSR count). The lowest BCUT2D eigenvalue weighted by Crippen LogP contribution is -2.19. The van der Waals surface area contributed by atoms with Crippen LogP contribution in [0.5, 0.6) is 5.75 Å². The van der Waals surface area contributed by atoms with Gasteiger partial charge in [0.1, 0.15) is 5.75 Å². The van der Waals surface area contributed by atoms with Gasteiger partial charge in [-0.05, 0) is 49.3 Å². The number of aryl methyl sites for hydroxylation is 2. The second kappa shape index (κ2) is 5.35. The van der Waals surface area contributed by atoms with E-state index < -0.39 is 0 Å². The molecule has 2 nitrogen and oxygen atoms in total. The molecule has 0 spiro atoms. The lowest BCUT2D eigenvalue weighted by Gasteiger charge is -2.18. The third kappa shape index (κ3) is 2.76. The molecular weight excluding hydrogens is 198 g/mol. The van der Waals surface area contributed by atoms with Crippen LogP contribution < -0.4 is 10.5 Å². The number of nitrogens with two attached hydrogens (primary N) is 1. The minimum Gasteiger partial charge on any atom is -0.493 e. The molecule has 0 bridgehead atoms. The molecular formula is C14H21NO. The fraction of sp³-hybridized carbons (Fsp3) is 0.571. The summed E-state index contributed by atoms with van der Waals surface area (Å²) in [6.45, 7) is 3.01. The van der Waals surface area contributed by atoms with Crippen LogP contribution in [-0.2, 0) is 12.8 Å². The Morgan fingerprint density at radius 3 is 3.12 bits per heavy atom. The molecule has 1 unspecified atom stereocenters. The van der Waals surface area contributed by atoms with Crippen LogP contribution in [0.1, 0.15) is 37.3 Å². The van der Waals surface area contributed by atoms with Crippen LogP contribution in [0.25, 0.3) is 0 Å². The molecule has 1 aromatic rings. The zero-order valence-corrected chi connectivity index (χ0v) is 10.0. The van der Waals surface area contributed by atoms with Gasteiger partial charge in [-0.3, -0.25) is 0 Å². The van der Waals surface area contributed by atoms with Crippen LogP contribution in [0.3, 0.4) is 0 Å². The SMILES string of the molecule is CCC(N)CCc1ccc2c(c1)CCCO2. The first kappa shape index (κ1) is 11.5. The average molecular weight is 219 g/mol. The van der Waals surface area contributed by atoms with Crippen molar-refractivity contribution in [1.29, 1.82) is 0 Å². The lowest BCUT2D eigenvalue weighted by atomic mass is 9.99. The van der Waals surface area contributed by atoms with Crippen molar-refractivity contribution in [3.8, 4) is 5.75 Å². The molecule has 1 heterocycles. The summed E-state index contributed by atoms with van der Waals surface area (Å²) in [4.78, 5) is 0. The molecule has 0 aliphatic carbocycles. The summed E-state index contributed by atoms with van der Waals surface area (Å²) in [7, 11) is 0. The highest BCUT2D eigenvalue weighted by Crippen LogP contribution is 2.26. The minimum absolute atomic E-state index is 0.340. The fourth-order valence-corrected chi connectivity index (χ4v) is 2.13. The first-order valence-corrected chi connectivity index (χ1v) is 6.29. The van der Waals surface area contributed by atoms with Crippen LogP contribution >= 0.6 is 0 Å². The van der Waals surface area contributed by atoms with Gasteiger partial charge in [-0.25, -0.2) is 0 Å². The molecule has 0 fully saturated rings. The van der Waals surface area contributed by atoms with E-state index >= 15 is 0 Å². The molecule has 0 aromatic heterocycles. The van der Waals surface area contributed by atoms with Crippen molar-refractivity contribution in [3.63, 3.8) is 0 Å². The van der Waals surface area contributed by atoms with Gasteiger partial charge < -0.3 is 10.5 Å². The van der Waals surface area contributed by atoms with Gasteiger partial charge >= 0.3 is 0 Å². The summed E-state index contributed by atoms with van der Waals surface area (Å²) in [6, 6.07) is 6.91. The quantitative estimate of drug-likeness (QED) is 0.845. The van der Waals surface area contributed by atoms with E-state index in [1.807, 2.05) is 0 Å². The lowest BCUT2D eigenvalue weighted by molar-refractivity contribution is 0.288. The first-order valence-electron chi connectivity index (χ1n) is 6.29. The maximum absolute atomic E-state index is 5.93. The number of hydrogen-bond donors (Lipinski definition) is 1. The Morgan fingerprint density at radius 2 is 2.31 bits per heavy atom. The van der Waals surface area contributed by atoms with E-state index in [0.717, 1.165) is 44.5 Å². The minimum atomic E-state index is 0.340. The zero-order chi connectivity index (χ0) is 11.4.